The number of hydrogen-bond acceptors (Lipinski definition) is 6. The average Bonchev–Trinajstić information content (AvgIpc) is 3.22. The molecule has 28 heavy (non-hydrogen) atoms. The molecule has 1 aromatic heterocycles. The van der Waals surface area contributed by atoms with Gasteiger partial charge in [-0.05, 0) is 48.5 Å². The maximum Gasteiger partial charge on any atom is 0.338 e. The number of nitriles is 1. The van der Waals surface area contributed by atoms with Crippen LogP contribution in [-0.4, -0.2) is 24.8 Å². The normalized spacial score (nSPS) is 9.96. The fourth-order valence-electron chi connectivity index (χ4n) is 2.38. The zero-order valence-corrected chi connectivity index (χ0v) is 14.5. The number of aldehydes is 1. The molecule has 0 unspecified atom stereocenters. The number of nitrogens with one attached hydrogen (secondary N) is 1. The van der Waals surface area contributed by atoms with Crippen molar-refractivity contribution in [2.75, 3.05) is 11.9 Å². The van der Waals surface area contributed by atoms with Crippen molar-refractivity contribution in [2.24, 2.45) is 0 Å². The topological polar surface area (TPSA) is 109 Å². The summed E-state index contributed by atoms with van der Waals surface area (Å²) in [6.45, 7) is -0.443. The van der Waals surface area contributed by atoms with E-state index in [2.05, 4.69) is 5.32 Å². The lowest BCUT2D eigenvalue weighted by molar-refractivity contribution is -0.119. The number of carbonyl (C=O) groups is 3. The molecule has 0 radical (unpaired) electrons. The molecule has 0 saturated heterocycles. The molecule has 3 rings (SSSR count). The van der Waals surface area contributed by atoms with Crippen LogP contribution in [0.25, 0.3) is 11.3 Å². The van der Waals surface area contributed by atoms with Gasteiger partial charge in [0, 0.05) is 11.3 Å². The predicted molar refractivity (Wildman–Crippen MR) is 99.6 cm³/mol. The number of nitrogens with zero attached hydrogens (tertiary/aromatic N) is 1. The summed E-state index contributed by atoms with van der Waals surface area (Å²) in [5.74, 6) is -0.420. The molecule has 0 aliphatic heterocycles. The number of benzene rings is 2. The summed E-state index contributed by atoms with van der Waals surface area (Å²) in [5, 5.41) is 11.3. The third-order valence-corrected chi connectivity index (χ3v) is 3.78. The summed E-state index contributed by atoms with van der Waals surface area (Å²) in [6, 6.07) is 17.9. The monoisotopic (exact) mass is 374 g/mol. The molecule has 7 nitrogen and oxygen atoms in total. The quantitative estimate of drug-likeness (QED) is 0.523. The van der Waals surface area contributed by atoms with Gasteiger partial charge in [0.25, 0.3) is 5.91 Å². The first-order chi connectivity index (χ1) is 13.6. The Labute approximate surface area is 160 Å². The van der Waals surface area contributed by atoms with E-state index in [9.17, 15) is 14.4 Å². The third kappa shape index (κ3) is 4.51. The van der Waals surface area contributed by atoms with Crippen molar-refractivity contribution >= 4 is 23.9 Å². The first kappa shape index (κ1) is 18.6. The molecule has 0 atom stereocenters. The Hall–Kier alpha value is -4.18. The van der Waals surface area contributed by atoms with Crippen molar-refractivity contribution < 1.29 is 23.5 Å². The van der Waals surface area contributed by atoms with Gasteiger partial charge in [0.05, 0.1) is 17.2 Å². The van der Waals surface area contributed by atoms with E-state index in [0.717, 1.165) is 0 Å². The minimum absolute atomic E-state index is 0.215. The number of ether oxygens (including phenoxy) is 1. The second-order valence-corrected chi connectivity index (χ2v) is 5.71. The molecule has 0 spiro atoms. The van der Waals surface area contributed by atoms with E-state index in [1.165, 1.54) is 0 Å². The van der Waals surface area contributed by atoms with E-state index in [1.54, 1.807) is 60.7 Å². The van der Waals surface area contributed by atoms with Gasteiger partial charge in [-0.3, -0.25) is 9.59 Å². The summed E-state index contributed by atoms with van der Waals surface area (Å²) < 4.78 is 10.3. The van der Waals surface area contributed by atoms with Gasteiger partial charge in [-0.15, -0.1) is 0 Å². The van der Waals surface area contributed by atoms with Gasteiger partial charge in [0.15, 0.2) is 18.7 Å². The molecule has 0 saturated carbocycles. The average molecular weight is 374 g/mol. The van der Waals surface area contributed by atoms with Crippen molar-refractivity contribution in [3.05, 3.63) is 77.6 Å². The van der Waals surface area contributed by atoms with Crippen molar-refractivity contribution in [2.45, 2.75) is 0 Å². The number of hydrogen-bond donors (Lipinski definition) is 1. The molecular formula is C21H14N2O5. The van der Waals surface area contributed by atoms with Crippen LogP contribution in [0.4, 0.5) is 5.69 Å². The van der Waals surface area contributed by atoms with Crippen LogP contribution in [0.3, 0.4) is 0 Å². The van der Waals surface area contributed by atoms with Gasteiger partial charge in [0.2, 0.25) is 0 Å². The molecule has 1 N–H and O–H groups in total. The number of furan rings is 1. The van der Waals surface area contributed by atoms with Crippen LogP contribution < -0.4 is 5.32 Å². The summed E-state index contributed by atoms with van der Waals surface area (Å²) >= 11 is 0. The molecule has 0 aliphatic rings. The zero-order valence-electron chi connectivity index (χ0n) is 14.5. The van der Waals surface area contributed by atoms with Crippen molar-refractivity contribution in [3.8, 4) is 17.4 Å². The summed E-state index contributed by atoms with van der Waals surface area (Å²) in [7, 11) is 0. The standard InChI is InChI=1S/C21H14N2O5/c22-11-14-1-7-17(8-2-14)23-20(25)13-27-21(26)16-5-3-15(4-6-16)19-10-9-18(12-24)28-19/h1-10,12H,13H2,(H,23,25). The largest absolute Gasteiger partial charge is 0.453 e. The van der Waals surface area contributed by atoms with E-state index >= 15 is 0 Å². The van der Waals surface area contributed by atoms with Crippen molar-refractivity contribution in [1.82, 2.24) is 0 Å². The highest BCUT2D eigenvalue weighted by Gasteiger charge is 2.12. The highest BCUT2D eigenvalue weighted by atomic mass is 16.5. The highest BCUT2D eigenvalue weighted by molar-refractivity contribution is 5.95. The van der Waals surface area contributed by atoms with Gasteiger partial charge in [0.1, 0.15) is 5.76 Å². The summed E-state index contributed by atoms with van der Waals surface area (Å²) in [5.41, 5.74) is 1.95. The molecule has 7 heteroatoms. The molecular weight excluding hydrogens is 360 g/mol. The summed E-state index contributed by atoms with van der Waals surface area (Å²) in [4.78, 5) is 34.6. The number of amides is 1. The Morgan fingerprint density at radius 3 is 2.36 bits per heavy atom. The smallest absolute Gasteiger partial charge is 0.338 e. The molecule has 1 heterocycles. The molecule has 3 aromatic rings. The first-order valence-corrected chi connectivity index (χ1v) is 8.21. The van der Waals surface area contributed by atoms with Gasteiger partial charge in [-0.25, -0.2) is 4.79 Å². The second kappa shape index (κ2) is 8.47. The lowest BCUT2D eigenvalue weighted by Gasteiger charge is -2.07. The van der Waals surface area contributed by atoms with E-state index in [-0.39, 0.29) is 11.3 Å². The zero-order chi connectivity index (χ0) is 19.9. The number of carbonyl (C=O) groups excluding carboxylic acids is 3. The van der Waals surface area contributed by atoms with Gasteiger partial charge >= 0.3 is 5.97 Å². The lowest BCUT2D eigenvalue weighted by Crippen LogP contribution is -2.20. The molecule has 0 bridgehead atoms. The number of anilines is 1. The Morgan fingerprint density at radius 1 is 1.04 bits per heavy atom. The Bertz CT molecular complexity index is 1040. The molecule has 1 amide bonds. The Morgan fingerprint density at radius 2 is 1.75 bits per heavy atom. The Balaban J connectivity index is 1.54. The second-order valence-electron chi connectivity index (χ2n) is 5.71. The minimum Gasteiger partial charge on any atom is -0.453 e. The van der Waals surface area contributed by atoms with Gasteiger partial charge < -0.3 is 14.5 Å². The third-order valence-electron chi connectivity index (χ3n) is 3.78. The fourth-order valence-corrected chi connectivity index (χ4v) is 2.38. The van der Waals surface area contributed by atoms with E-state index in [0.29, 0.717) is 28.9 Å². The lowest BCUT2D eigenvalue weighted by atomic mass is 10.1. The number of esters is 1. The minimum atomic E-state index is -0.644. The molecule has 0 fully saturated rings. The molecule has 0 aliphatic carbocycles. The fraction of sp³-hybridized carbons (Fsp3) is 0.0476. The van der Waals surface area contributed by atoms with Gasteiger partial charge in [-0.1, -0.05) is 12.1 Å². The van der Waals surface area contributed by atoms with E-state index in [1.807, 2.05) is 6.07 Å². The highest BCUT2D eigenvalue weighted by Crippen LogP contribution is 2.22. The van der Waals surface area contributed by atoms with Crippen molar-refractivity contribution in [3.63, 3.8) is 0 Å². The van der Waals surface area contributed by atoms with Crippen LogP contribution in [0.15, 0.2) is 65.1 Å². The SMILES string of the molecule is N#Cc1ccc(NC(=O)COC(=O)c2ccc(-c3ccc(C=O)o3)cc2)cc1. The molecule has 2 aromatic carbocycles. The first-order valence-electron chi connectivity index (χ1n) is 8.21. The van der Waals surface area contributed by atoms with Crippen LogP contribution in [-0.2, 0) is 9.53 Å². The van der Waals surface area contributed by atoms with Crippen LogP contribution in [0.2, 0.25) is 0 Å². The van der Waals surface area contributed by atoms with Crippen LogP contribution in [0.1, 0.15) is 26.5 Å². The van der Waals surface area contributed by atoms with Crippen LogP contribution in [0.5, 0.6) is 0 Å². The van der Waals surface area contributed by atoms with E-state index in [4.69, 9.17) is 14.4 Å². The van der Waals surface area contributed by atoms with Crippen LogP contribution >= 0.6 is 0 Å². The maximum absolute atomic E-state index is 12.1. The van der Waals surface area contributed by atoms with Crippen molar-refractivity contribution in [1.29, 1.82) is 5.26 Å². The number of rotatable bonds is 6. The predicted octanol–water partition coefficient (Wildman–Crippen LogP) is 3.43. The summed E-state index contributed by atoms with van der Waals surface area (Å²) in [6.07, 6.45) is 0.609. The maximum atomic E-state index is 12.1. The Kier molecular flexibility index (Phi) is 5.63. The van der Waals surface area contributed by atoms with Gasteiger partial charge in [-0.2, -0.15) is 5.26 Å². The van der Waals surface area contributed by atoms with Crippen LogP contribution in [0, 0.1) is 11.3 Å². The van der Waals surface area contributed by atoms with E-state index < -0.39 is 18.5 Å². The molecule has 138 valence electrons.